The van der Waals surface area contributed by atoms with E-state index in [1.807, 2.05) is 11.4 Å². The Balaban J connectivity index is 1.49. The number of Topliss-reactive ketones (excluding diaryl/α,β-unsaturated/α-hetero) is 1. The molecule has 2 heterocycles. The molecule has 0 spiro atoms. The normalized spacial score (nSPS) is 15.7. The third-order valence-electron chi connectivity index (χ3n) is 3.46. The first-order chi connectivity index (χ1) is 10.1. The zero-order valence-corrected chi connectivity index (χ0v) is 12.5. The molecule has 0 bridgehead atoms. The number of likely N-dealkylation sites (tertiary alicyclic amines) is 1. The molecule has 1 saturated heterocycles. The minimum Gasteiger partial charge on any atom is -0.485 e. The van der Waals surface area contributed by atoms with Gasteiger partial charge in [0.25, 0.3) is 0 Å². The molecule has 110 valence electrons. The summed E-state index contributed by atoms with van der Waals surface area (Å²) in [6, 6.07) is 8.41. The Kier molecular flexibility index (Phi) is 4.03. The van der Waals surface area contributed by atoms with Crippen molar-refractivity contribution in [2.75, 3.05) is 13.1 Å². The highest BCUT2D eigenvalue weighted by Crippen LogP contribution is 2.23. The number of para-hydroxylation sites is 1. The van der Waals surface area contributed by atoms with Gasteiger partial charge in [-0.3, -0.25) is 9.69 Å². The number of ketones is 1. The number of carbonyl (C=O) groups excluding carboxylic acids is 1. The number of carbonyl (C=O) groups is 1. The number of nitrogens with zero attached hydrogens (tertiary/aromatic N) is 1. The average molecular weight is 305 g/mol. The number of benzene rings is 1. The Bertz CT molecular complexity index is 649. The highest BCUT2D eigenvalue weighted by atomic mass is 32.1. The van der Waals surface area contributed by atoms with E-state index in [-0.39, 0.29) is 17.7 Å². The Morgan fingerprint density at radius 2 is 2.19 bits per heavy atom. The van der Waals surface area contributed by atoms with Crippen molar-refractivity contribution in [2.24, 2.45) is 0 Å². The van der Waals surface area contributed by atoms with Gasteiger partial charge in [-0.25, -0.2) is 4.39 Å². The van der Waals surface area contributed by atoms with Crippen LogP contribution in [0.5, 0.6) is 5.75 Å². The Morgan fingerprint density at radius 3 is 2.86 bits per heavy atom. The predicted molar refractivity (Wildman–Crippen MR) is 80.4 cm³/mol. The lowest BCUT2D eigenvalue weighted by molar-refractivity contribution is 0.0124. The van der Waals surface area contributed by atoms with Crippen molar-refractivity contribution < 1.29 is 13.9 Å². The van der Waals surface area contributed by atoms with Gasteiger partial charge in [-0.2, -0.15) is 0 Å². The first kappa shape index (κ1) is 14.2. The van der Waals surface area contributed by atoms with Gasteiger partial charge in [-0.05, 0) is 36.1 Å². The molecule has 0 atom stereocenters. The monoisotopic (exact) mass is 305 g/mol. The summed E-state index contributed by atoms with van der Waals surface area (Å²) in [5, 5.41) is 2.02. The van der Waals surface area contributed by atoms with E-state index in [1.54, 1.807) is 25.1 Å². The fraction of sp³-hybridized carbons (Fsp3) is 0.312. The lowest BCUT2D eigenvalue weighted by Crippen LogP contribution is -2.53. The van der Waals surface area contributed by atoms with E-state index in [0.29, 0.717) is 5.75 Å². The molecule has 5 heteroatoms. The van der Waals surface area contributed by atoms with Crippen molar-refractivity contribution in [3.8, 4) is 5.75 Å². The summed E-state index contributed by atoms with van der Waals surface area (Å²) in [6.45, 7) is 3.94. The first-order valence-electron chi connectivity index (χ1n) is 6.83. The topological polar surface area (TPSA) is 29.5 Å². The predicted octanol–water partition coefficient (Wildman–Crippen LogP) is 3.35. The second kappa shape index (κ2) is 5.95. The van der Waals surface area contributed by atoms with Gasteiger partial charge in [0.1, 0.15) is 6.10 Å². The quantitative estimate of drug-likeness (QED) is 0.793. The summed E-state index contributed by atoms with van der Waals surface area (Å²) in [7, 11) is 0. The summed E-state index contributed by atoms with van der Waals surface area (Å²) in [4.78, 5) is 14.3. The molecule has 21 heavy (non-hydrogen) atoms. The first-order valence-corrected chi connectivity index (χ1v) is 7.71. The summed E-state index contributed by atoms with van der Waals surface area (Å²) < 4.78 is 19.1. The lowest BCUT2D eigenvalue weighted by atomic mass is 10.1. The maximum absolute atomic E-state index is 13.5. The van der Waals surface area contributed by atoms with Gasteiger partial charge in [-0.15, -0.1) is 11.3 Å². The Labute approximate surface area is 127 Å². The van der Waals surface area contributed by atoms with Crippen LogP contribution >= 0.6 is 11.3 Å². The average Bonchev–Trinajstić information content (AvgIpc) is 2.87. The molecule has 0 radical (unpaired) electrons. The highest BCUT2D eigenvalue weighted by Gasteiger charge is 2.29. The fourth-order valence-corrected chi connectivity index (χ4v) is 3.15. The van der Waals surface area contributed by atoms with E-state index >= 15 is 0 Å². The molecule has 1 aliphatic rings. The van der Waals surface area contributed by atoms with Gasteiger partial charge < -0.3 is 4.74 Å². The van der Waals surface area contributed by atoms with Crippen LogP contribution in [0.1, 0.15) is 22.2 Å². The molecule has 0 aliphatic carbocycles. The molecule has 1 fully saturated rings. The van der Waals surface area contributed by atoms with Crippen LogP contribution in [0.3, 0.4) is 0 Å². The van der Waals surface area contributed by atoms with E-state index in [2.05, 4.69) is 4.90 Å². The maximum atomic E-state index is 13.5. The van der Waals surface area contributed by atoms with E-state index in [1.165, 1.54) is 17.4 Å². The molecule has 1 aliphatic heterocycles. The van der Waals surface area contributed by atoms with Gasteiger partial charge >= 0.3 is 0 Å². The van der Waals surface area contributed by atoms with E-state index in [9.17, 15) is 9.18 Å². The van der Waals surface area contributed by atoms with Crippen molar-refractivity contribution in [3.05, 3.63) is 52.0 Å². The van der Waals surface area contributed by atoms with Gasteiger partial charge in [0.2, 0.25) is 0 Å². The number of ether oxygens (including phenoxy) is 1. The van der Waals surface area contributed by atoms with Crippen LogP contribution in [0.25, 0.3) is 0 Å². The zero-order chi connectivity index (χ0) is 14.8. The van der Waals surface area contributed by atoms with Crippen molar-refractivity contribution in [1.29, 1.82) is 0 Å². The van der Waals surface area contributed by atoms with Gasteiger partial charge in [0.15, 0.2) is 17.3 Å². The minimum absolute atomic E-state index is 0.0350. The van der Waals surface area contributed by atoms with Crippen LogP contribution < -0.4 is 4.74 Å². The second-order valence-electron chi connectivity index (χ2n) is 5.24. The summed E-state index contributed by atoms with van der Waals surface area (Å²) in [5.74, 6) is 0.104. The molecule has 0 unspecified atom stereocenters. The molecular weight excluding hydrogens is 289 g/mol. The third-order valence-corrected chi connectivity index (χ3v) is 4.54. The summed E-state index contributed by atoms with van der Waals surface area (Å²) in [5.41, 5.74) is 1.15. The standard InChI is InChI=1S/C16H16FNO2S/c1-11(19)16-6-12(10-21-16)7-18-8-13(9-18)20-15-5-3-2-4-14(15)17/h2-6,10,13H,7-9H2,1H3. The smallest absolute Gasteiger partial charge is 0.169 e. The fourth-order valence-electron chi connectivity index (χ4n) is 2.35. The van der Waals surface area contributed by atoms with E-state index < -0.39 is 0 Å². The van der Waals surface area contributed by atoms with Crippen LogP contribution in [-0.2, 0) is 6.54 Å². The molecule has 3 rings (SSSR count). The highest BCUT2D eigenvalue weighted by molar-refractivity contribution is 7.12. The molecule has 2 aromatic rings. The third kappa shape index (κ3) is 3.31. The van der Waals surface area contributed by atoms with Crippen LogP contribution in [0.4, 0.5) is 4.39 Å². The van der Waals surface area contributed by atoms with Gasteiger partial charge in [0.05, 0.1) is 4.88 Å². The van der Waals surface area contributed by atoms with Crippen molar-refractivity contribution in [3.63, 3.8) is 0 Å². The summed E-state index contributed by atoms with van der Waals surface area (Å²) in [6.07, 6.45) is 0.0350. The number of hydrogen-bond donors (Lipinski definition) is 0. The molecule has 3 nitrogen and oxygen atoms in total. The molecule has 0 amide bonds. The van der Waals surface area contributed by atoms with Crippen LogP contribution in [0.15, 0.2) is 35.7 Å². The van der Waals surface area contributed by atoms with Crippen molar-refractivity contribution in [2.45, 2.75) is 19.6 Å². The molecular formula is C16H16FNO2S. The van der Waals surface area contributed by atoms with Crippen LogP contribution in [-0.4, -0.2) is 29.9 Å². The largest absolute Gasteiger partial charge is 0.485 e. The molecule has 0 saturated carbocycles. The van der Waals surface area contributed by atoms with Gasteiger partial charge in [-0.1, -0.05) is 12.1 Å². The molecule has 0 N–H and O–H groups in total. The maximum Gasteiger partial charge on any atom is 0.169 e. The van der Waals surface area contributed by atoms with Gasteiger partial charge in [0, 0.05) is 19.6 Å². The number of thiophene rings is 1. The number of hydrogen-bond acceptors (Lipinski definition) is 4. The lowest BCUT2D eigenvalue weighted by Gasteiger charge is -2.38. The second-order valence-corrected chi connectivity index (χ2v) is 6.15. The van der Waals surface area contributed by atoms with E-state index in [4.69, 9.17) is 4.74 Å². The molecule has 1 aromatic heterocycles. The van der Waals surface area contributed by atoms with Crippen LogP contribution in [0, 0.1) is 5.82 Å². The SMILES string of the molecule is CC(=O)c1cc(CN2CC(Oc3ccccc3F)C2)cs1. The van der Waals surface area contributed by atoms with E-state index in [0.717, 1.165) is 30.1 Å². The Hall–Kier alpha value is -1.72. The van der Waals surface area contributed by atoms with Crippen molar-refractivity contribution >= 4 is 17.1 Å². The number of rotatable bonds is 5. The zero-order valence-electron chi connectivity index (χ0n) is 11.7. The van der Waals surface area contributed by atoms with Crippen molar-refractivity contribution in [1.82, 2.24) is 4.90 Å². The number of halogens is 1. The minimum atomic E-state index is -0.320. The molecule has 1 aromatic carbocycles. The summed E-state index contributed by atoms with van der Waals surface area (Å²) >= 11 is 1.48. The Morgan fingerprint density at radius 1 is 1.43 bits per heavy atom. The van der Waals surface area contributed by atoms with Crippen LogP contribution in [0.2, 0.25) is 0 Å².